The average Bonchev–Trinajstić information content (AvgIpc) is 3.04. The molecule has 0 fully saturated rings. The molecule has 12 heteroatoms. The molecule has 0 radical (unpaired) electrons. The molecule has 164 valence electrons. The number of hydrogen-bond acceptors (Lipinski definition) is 4. The summed E-state index contributed by atoms with van der Waals surface area (Å²) in [6, 6.07) is 7.67. The summed E-state index contributed by atoms with van der Waals surface area (Å²) in [5.74, 6) is -0.988. The highest BCUT2D eigenvalue weighted by Gasteiger charge is 2.38. The van der Waals surface area contributed by atoms with E-state index < -0.39 is 32.6 Å². The number of carbonyl (C=O) groups excluding carboxylic acids is 1. The normalized spacial score (nSPS) is 12.1. The Labute approximate surface area is 185 Å². The van der Waals surface area contributed by atoms with E-state index in [0.717, 1.165) is 6.07 Å². The van der Waals surface area contributed by atoms with E-state index in [1.54, 1.807) is 22.9 Å². The van der Waals surface area contributed by atoms with E-state index in [1.807, 2.05) is 0 Å². The zero-order valence-corrected chi connectivity index (χ0v) is 18.3. The molecule has 0 saturated heterocycles. The number of hydrogen-bond donors (Lipinski definition) is 1. The second-order valence-electron chi connectivity index (χ2n) is 6.55. The highest BCUT2D eigenvalue weighted by atomic mass is 35.5. The molecule has 0 atom stereocenters. The van der Waals surface area contributed by atoms with Crippen LogP contribution in [0.2, 0.25) is 10.0 Å². The molecule has 0 unspecified atom stereocenters. The van der Waals surface area contributed by atoms with Crippen molar-refractivity contribution >= 4 is 39.1 Å². The summed E-state index contributed by atoms with van der Waals surface area (Å²) in [4.78, 5) is 15.6. The fraction of sp³-hybridized carbons (Fsp3) is 0.158. The van der Waals surface area contributed by atoms with Crippen molar-refractivity contribution in [3.63, 3.8) is 0 Å². The standard InChI is InChI=1S/C19H14Cl2F3N3O3S/c1-10-5-3-7-12(19(22,23)24)16(10)31(29,30)26-18(28)14-9-27(2)17(25-14)11-6-4-8-13(20)15(11)21/h3-9H,1-2H3,(H,26,28). The minimum Gasteiger partial charge on any atom is -0.333 e. The van der Waals surface area contributed by atoms with Gasteiger partial charge in [-0.05, 0) is 30.7 Å². The van der Waals surface area contributed by atoms with Crippen molar-refractivity contribution in [3.8, 4) is 11.4 Å². The molecule has 1 amide bonds. The Bertz CT molecular complexity index is 1290. The van der Waals surface area contributed by atoms with Gasteiger partial charge in [0.15, 0.2) is 0 Å². The van der Waals surface area contributed by atoms with Crippen molar-refractivity contribution in [2.75, 3.05) is 0 Å². The predicted octanol–water partition coefficient (Wildman–Crippen LogP) is 4.84. The van der Waals surface area contributed by atoms with Crippen molar-refractivity contribution in [2.24, 2.45) is 7.05 Å². The van der Waals surface area contributed by atoms with Crippen molar-refractivity contribution < 1.29 is 26.4 Å². The van der Waals surface area contributed by atoms with Crippen molar-refractivity contribution in [2.45, 2.75) is 18.0 Å². The summed E-state index contributed by atoms with van der Waals surface area (Å²) in [6.07, 6.45) is -3.71. The highest BCUT2D eigenvalue weighted by molar-refractivity contribution is 7.90. The first-order valence-corrected chi connectivity index (χ1v) is 10.8. The van der Waals surface area contributed by atoms with Crippen LogP contribution < -0.4 is 4.72 Å². The first-order chi connectivity index (χ1) is 14.3. The number of sulfonamides is 1. The van der Waals surface area contributed by atoms with Gasteiger partial charge >= 0.3 is 6.18 Å². The monoisotopic (exact) mass is 491 g/mol. The fourth-order valence-corrected chi connectivity index (χ4v) is 4.76. The van der Waals surface area contributed by atoms with Gasteiger partial charge in [0.05, 0.1) is 15.6 Å². The summed E-state index contributed by atoms with van der Waals surface area (Å²) in [5.41, 5.74) is -1.49. The first kappa shape index (κ1) is 23.1. The predicted molar refractivity (Wildman–Crippen MR) is 109 cm³/mol. The van der Waals surface area contributed by atoms with Crippen LogP contribution in [0.1, 0.15) is 21.6 Å². The van der Waals surface area contributed by atoms with Crippen LogP contribution in [0.4, 0.5) is 13.2 Å². The van der Waals surface area contributed by atoms with E-state index in [-0.39, 0.29) is 27.1 Å². The summed E-state index contributed by atoms with van der Waals surface area (Å²) in [5, 5.41) is 0.419. The first-order valence-electron chi connectivity index (χ1n) is 8.54. The Balaban J connectivity index is 1.99. The minimum atomic E-state index is -4.93. The molecule has 2 aromatic carbocycles. The van der Waals surface area contributed by atoms with Crippen molar-refractivity contribution in [1.29, 1.82) is 0 Å². The summed E-state index contributed by atoms with van der Waals surface area (Å²) in [7, 11) is -3.32. The van der Waals surface area contributed by atoms with Crippen molar-refractivity contribution in [1.82, 2.24) is 14.3 Å². The largest absolute Gasteiger partial charge is 0.417 e. The maximum absolute atomic E-state index is 13.3. The van der Waals surface area contributed by atoms with E-state index in [0.29, 0.717) is 11.6 Å². The summed E-state index contributed by atoms with van der Waals surface area (Å²) < 4.78 is 68.3. The van der Waals surface area contributed by atoms with Gasteiger partial charge in [0.2, 0.25) is 0 Å². The number of alkyl halides is 3. The Morgan fingerprint density at radius 1 is 1.13 bits per heavy atom. The number of halogens is 5. The van der Waals surface area contributed by atoms with Gasteiger partial charge in [-0.15, -0.1) is 0 Å². The quantitative estimate of drug-likeness (QED) is 0.566. The SMILES string of the molecule is Cc1cccc(C(F)(F)F)c1S(=O)(=O)NC(=O)c1cn(C)c(-c2cccc(Cl)c2Cl)n1. The molecular formula is C19H14Cl2F3N3O3S. The van der Waals surface area contributed by atoms with Gasteiger partial charge in [-0.25, -0.2) is 18.1 Å². The van der Waals surface area contributed by atoms with E-state index in [1.165, 1.54) is 30.8 Å². The molecule has 0 aliphatic carbocycles. The molecule has 0 saturated carbocycles. The lowest BCUT2D eigenvalue weighted by Crippen LogP contribution is -2.33. The molecule has 1 N–H and O–H groups in total. The minimum absolute atomic E-state index is 0.164. The third kappa shape index (κ3) is 4.56. The van der Waals surface area contributed by atoms with Crippen LogP contribution in [0.25, 0.3) is 11.4 Å². The van der Waals surface area contributed by atoms with Gasteiger partial charge in [0, 0.05) is 18.8 Å². The molecule has 0 spiro atoms. The van der Waals surface area contributed by atoms with Gasteiger partial charge in [0.1, 0.15) is 16.4 Å². The lowest BCUT2D eigenvalue weighted by Gasteiger charge is -2.15. The number of benzene rings is 2. The smallest absolute Gasteiger partial charge is 0.333 e. The van der Waals surface area contributed by atoms with E-state index in [9.17, 15) is 26.4 Å². The van der Waals surface area contributed by atoms with Gasteiger partial charge in [-0.1, -0.05) is 41.4 Å². The van der Waals surface area contributed by atoms with Gasteiger partial charge in [-0.2, -0.15) is 13.2 Å². The van der Waals surface area contributed by atoms with Gasteiger partial charge < -0.3 is 4.57 Å². The van der Waals surface area contributed by atoms with E-state index in [2.05, 4.69) is 4.98 Å². The molecule has 0 aliphatic heterocycles. The zero-order chi connectivity index (χ0) is 23.1. The number of nitrogens with zero attached hydrogens (tertiary/aromatic N) is 2. The Kier molecular flexibility index (Phi) is 6.09. The number of amides is 1. The van der Waals surface area contributed by atoms with Crippen LogP contribution in [-0.2, 0) is 23.2 Å². The van der Waals surface area contributed by atoms with E-state index >= 15 is 0 Å². The fourth-order valence-electron chi connectivity index (χ4n) is 2.96. The number of aryl methyl sites for hydroxylation is 2. The lowest BCUT2D eigenvalue weighted by atomic mass is 10.1. The second-order valence-corrected chi connectivity index (χ2v) is 8.95. The molecule has 3 rings (SSSR count). The third-order valence-electron chi connectivity index (χ3n) is 4.31. The number of aromatic nitrogens is 2. The van der Waals surface area contributed by atoms with Crippen LogP contribution >= 0.6 is 23.2 Å². The molecule has 1 heterocycles. The number of imidazole rings is 1. The summed E-state index contributed by atoms with van der Waals surface area (Å²) >= 11 is 12.2. The second kappa shape index (κ2) is 8.18. The average molecular weight is 492 g/mol. The molecule has 1 aromatic heterocycles. The molecule has 31 heavy (non-hydrogen) atoms. The Morgan fingerprint density at radius 2 is 1.77 bits per heavy atom. The molecule has 0 aliphatic rings. The maximum atomic E-state index is 13.3. The molecular weight excluding hydrogens is 478 g/mol. The molecule has 6 nitrogen and oxygen atoms in total. The zero-order valence-electron chi connectivity index (χ0n) is 16.0. The third-order valence-corrected chi connectivity index (χ3v) is 6.67. The van der Waals surface area contributed by atoms with Crippen LogP contribution in [0.5, 0.6) is 0 Å². The topological polar surface area (TPSA) is 81.1 Å². The van der Waals surface area contributed by atoms with E-state index in [4.69, 9.17) is 23.2 Å². The highest BCUT2D eigenvalue weighted by Crippen LogP contribution is 2.36. The molecule has 0 bridgehead atoms. The Morgan fingerprint density at radius 3 is 2.42 bits per heavy atom. The van der Waals surface area contributed by atoms with Crippen LogP contribution in [0, 0.1) is 6.92 Å². The van der Waals surface area contributed by atoms with Gasteiger partial charge in [-0.3, -0.25) is 4.79 Å². The van der Waals surface area contributed by atoms with Crippen molar-refractivity contribution in [3.05, 3.63) is 69.5 Å². The summed E-state index contributed by atoms with van der Waals surface area (Å²) in [6.45, 7) is 1.20. The van der Waals surface area contributed by atoms with Crippen LogP contribution in [0.3, 0.4) is 0 Å². The number of nitrogens with one attached hydrogen (secondary N) is 1. The lowest BCUT2D eigenvalue weighted by molar-refractivity contribution is -0.140. The Hall–Kier alpha value is -2.56. The van der Waals surface area contributed by atoms with Crippen LogP contribution in [0.15, 0.2) is 47.5 Å². The number of carbonyl (C=O) groups is 1. The maximum Gasteiger partial charge on any atom is 0.417 e. The molecule has 3 aromatic rings. The van der Waals surface area contributed by atoms with Crippen LogP contribution in [-0.4, -0.2) is 23.9 Å². The number of rotatable bonds is 4. The van der Waals surface area contributed by atoms with Gasteiger partial charge in [0.25, 0.3) is 15.9 Å².